The van der Waals surface area contributed by atoms with Crippen molar-refractivity contribution in [1.29, 1.82) is 0 Å². The first-order valence-corrected chi connectivity index (χ1v) is 9.33. The van der Waals surface area contributed by atoms with Crippen molar-refractivity contribution in [2.75, 3.05) is 26.2 Å². The SMILES string of the molecule is CC(=O)c1ccc(OCc2cc(C(=O)N3CCN4CCC[C@@H]4C3)no2)cc1. The highest BCUT2D eigenvalue weighted by atomic mass is 16.5. The van der Waals surface area contributed by atoms with Crippen LogP contribution in [0.3, 0.4) is 0 Å². The second-order valence-electron chi connectivity index (χ2n) is 7.13. The van der Waals surface area contributed by atoms with Crippen molar-refractivity contribution in [2.24, 2.45) is 0 Å². The normalized spacial score (nSPS) is 19.7. The molecule has 7 heteroatoms. The molecule has 0 spiro atoms. The Morgan fingerprint density at radius 3 is 2.81 bits per heavy atom. The summed E-state index contributed by atoms with van der Waals surface area (Å²) in [5.41, 5.74) is 0.962. The van der Waals surface area contributed by atoms with Gasteiger partial charge in [-0.2, -0.15) is 0 Å². The first kappa shape index (κ1) is 17.7. The van der Waals surface area contributed by atoms with E-state index in [-0.39, 0.29) is 18.3 Å². The Bertz CT molecular complexity index is 830. The van der Waals surface area contributed by atoms with E-state index in [9.17, 15) is 9.59 Å². The number of carbonyl (C=O) groups is 2. The summed E-state index contributed by atoms with van der Waals surface area (Å²) in [5.74, 6) is 1.05. The number of benzene rings is 1. The molecule has 142 valence electrons. The van der Waals surface area contributed by atoms with Gasteiger partial charge in [0.05, 0.1) is 0 Å². The molecule has 2 aliphatic rings. The van der Waals surface area contributed by atoms with Crippen LogP contribution in [-0.2, 0) is 6.61 Å². The van der Waals surface area contributed by atoms with Crippen molar-refractivity contribution < 1.29 is 18.8 Å². The van der Waals surface area contributed by atoms with Crippen molar-refractivity contribution in [2.45, 2.75) is 32.4 Å². The molecule has 2 saturated heterocycles. The summed E-state index contributed by atoms with van der Waals surface area (Å²) in [6.45, 7) is 5.27. The Balaban J connectivity index is 1.34. The van der Waals surface area contributed by atoms with E-state index < -0.39 is 0 Å². The zero-order valence-electron chi connectivity index (χ0n) is 15.4. The van der Waals surface area contributed by atoms with Crippen molar-refractivity contribution in [3.63, 3.8) is 0 Å². The predicted molar refractivity (Wildman–Crippen MR) is 97.8 cm³/mol. The number of amides is 1. The number of rotatable bonds is 5. The number of piperazine rings is 1. The van der Waals surface area contributed by atoms with Crippen LogP contribution in [0.25, 0.3) is 0 Å². The topological polar surface area (TPSA) is 75.9 Å². The molecule has 0 bridgehead atoms. The van der Waals surface area contributed by atoms with Gasteiger partial charge in [-0.05, 0) is 50.6 Å². The number of hydrogen-bond acceptors (Lipinski definition) is 6. The average molecular weight is 369 g/mol. The summed E-state index contributed by atoms with van der Waals surface area (Å²) in [6.07, 6.45) is 2.37. The molecule has 7 nitrogen and oxygen atoms in total. The van der Waals surface area contributed by atoms with Crippen molar-refractivity contribution >= 4 is 11.7 Å². The number of ketones is 1. The fourth-order valence-corrected chi connectivity index (χ4v) is 3.76. The minimum atomic E-state index is -0.0811. The Morgan fingerprint density at radius 2 is 2.04 bits per heavy atom. The van der Waals surface area contributed by atoms with Gasteiger partial charge in [-0.1, -0.05) is 5.16 Å². The lowest BCUT2D eigenvalue weighted by atomic mass is 10.1. The van der Waals surface area contributed by atoms with Gasteiger partial charge in [-0.25, -0.2) is 0 Å². The largest absolute Gasteiger partial charge is 0.486 e. The van der Waals surface area contributed by atoms with E-state index >= 15 is 0 Å². The Labute approximate surface area is 157 Å². The van der Waals surface area contributed by atoms with Crippen LogP contribution >= 0.6 is 0 Å². The molecule has 0 saturated carbocycles. The number of fused-ring (bicyclic) bond motifs is 1. The van der Waals surface area contributed by atoms with Gasteiger partial charge in [0.25, 0.3) is 5.91 Å². The van der Waals surface area contributed by atoms with Crippen LogP contribution in [0, 0.1) is 0 Å². The molecule has 2 aromatic rings. The zero-order valence-corrected chi connectivity index (χ0v) is 15.4. The summed E-state index contributed by atoms with van der Waals surface area (Å²) in [5, 5.41) is 3.92. The fourth-order valence-electron chi connectivity index (χ4n) is 3.76. The van der Waals surface area contributed by atoms with Gasteiger partial charge in [-0.15, -0.1) is 0 Å². The van der Waals surface area contributed by atoms with Crippen LogP contribution in [0.15, 0.2) is 34.9 Å². The molecule has 2 aliphatic heterocycles. The van der Waals surface area contributed by atoms with Crippen molar-refractivity contribution in [3.05, 3.63) is 47.3 Å². The second kappa shape index (κ2) is 7.52. The summed E-state index contributed by atoms with van der Waals surface area (Å²) < 4.78 is 10.9. The third-order valence-electron chi connectivity index (χ3n) is 5.29. The predicted octanol–water partition coefficient (Wildman–Crippen LogP) is 2.38. The van der Waals surface area contributed by atoms with E-state index in [1.54, 1.807) is 30.3 Å². The van der Waals surface area contributed by atoms with Crippen LogP contribution < -0.4 is 4.74 Å². The van der Waals surface area contributed by atoms with Crippen LogP contribution in [-0.4, -0.2) is 58.9 Å². The molecular weight excluding hydrogens is 346 g/mol. The Kier molecular flexibility index (Phi) is 4.94. The monoisotopic (exact) mass is 369 g/mol. The number of hydrogen-bond donors (Lipinski definition) is 0. The molecule has 1 aromatic carbocycles. The maximum Gasteiger partial charge on any atom is 0.276 e. The second-order valence-corrected chi connectivity index (χ2v) is 7.13. The zero-order chi connectivity index (χ0) is 18.8. The van der Waals surface area contributed by atoms with Crippen LogP contribution in [0.2, 0.25) is 0 Å². The molecule has 3 heterocycles. The molecule has 0 aliphatic carbocycles. The number of carbonyl (C=O) groups excluding carboxylic acids is 2. The number of aromatic nitrogens is 1. The van der Waals surface area contributed by atoms with E-state index in [2.05, 4.69) is 10.1 Å². The lowest BCUT2D eigenvalue weighted by Gasteiger charge is -2.37. The molecule has 4 rings (SSSR count). The molecule has 0 unspecified atom stereocenters. The maximum absolute atomic E-state index is 12.7. The van der Waals surface area contributed by atoms with Gasteiger partial charge in [0, 0.05) is 37.3 Å². The highest BCUT2D eigenvalue weighted by Gasteiger charge is 2.33. The first-order valence-electron chi connectivity index (χ1n) is 9.33. The number of ether oxygens (including phenoxy) is 1. The lowest BCUT2D eigenvalue weighted by molar-refractivity contribution is 0.0561. The molecule has 0 N–H and O–H groups in total. The van der Waals surface area contributed by atoms with E-state index in [4.69, 9.17) is 9.26 Å². The smallest absolute Gasteiger partial charge is 0.276 e. The highest BCUT2D eigenvalue weighted by molar-refractivity contribution is 5.94. The quantitative estimate of drug-likeness (QED) is 0.753. The average Bonchev–Trinajstić information content (AvgIpc) is 3.34. The third-order valence-corrected chi connectivity index (χ3v) is 5.29. The first-order chi connectivity index (χ1) is 13.1. The van der Waals surface area contributed by atoms with E-state index in [0.29, 0.717) is 28.8 Å². The minimum Gasteiger partial charge on any atom is -0.486 e. The van der Waals surface area contributed by atoms with Gasteiger partial charge >= 0.3 is 0 Å². The van der Waals surface area contributed by atoms with Gasteiger partial charge in [0.15, 0.2) is 17.2 Å². The fraction of sp³-hybridized carbons (Fsp3) is 0.450. The number of nitrogens with zero attached hydrogens (tertiary/aromatic N) is 3. The molecule has 0 radical (unpaired) electrons. The summed E-state index contributed by atoms with van der Waals surface area (Å²) in [4.78, 5) is 28.3. The van der Waals surface area contributed by atoms with Crippen LogP contribution in [0.4, 0.5) is 0 Å². The summed E-state index contributed by atoms with van der Waals surface area (Å²) in [6, 6.07) is 9.04. The number of Topliss-reactive ketones (excluding diaryl/α,β-unsaturated/α-hetero) is 1. The highest BCUT2D eigenvalue weighted by Crippen LogP contribution is 2.22. The summed E-state index contributed by atoms with van der Waals surface area (Å²) >= 11 is 0. The van der Waals surface area contributed by atoms with Gasteiger partial charge in [0.2, 0.25) is 0 Å². The maximum atomic E-state index is 12.7. The molecule has 1 atom stereocenters. The molecular formula is C20H23N3O4. The lowest BCUT2D eigenvalue weighted by Crippen LogP contribution is -2.52. The van der Waals surface area contributed by atoms with E-state index in [1.165, 1.54) is 13.3 Å². The molecule has 1 amide bonds. The molecule has 1 aromatic heterocycles. The Morgan fingerprint density at radius 1 is 1.22 bits per heavy atom. The van der Waals surface area contributed by atoms with Gasteiger partial charge in [-0.3, -0.25) is 14.5 Å². The molecule has 2 fully saturated rings. The van der Waals surface area contributed by atoms with E-state index in [0.717, 1.165) is 32.6 Å². The standard InChI is InChI=1S/C20H23N3O4/c1-14(24)15-4-6-17(7-5-15)26-13-18-11-19(21-27-18)20(25)23-10-9-22-8-2-3-16(22)12-23/h4-7,11,16H,2-3,8-10,12-13H2,1H3/t16-/m1/s1. The van der Waals surface area contributed by atoms with Crippen LogP contribution in [0.5, 0.6) is 5.75 Å². The molecule has 27 heavy (non-hydrogen) atoms. The van der Waals surface area contributed by atoms with Crippen molar-refractivity contribution in [1.82, 2.24) is 15.0 Å². The summed E-state index contributed by atoms with van der Waals surface area (Å²) in [7, 11) is 0. The van der Waals surface area contributed by atoms with Gasteiger partial charge < -0.3 is 14.2 Å². The minimum absolute atomic E-state index is 0.0124. The van der Waals surface area contributed by atoms with Crippen molar-refractivity contribution in [3.8, 4) is 5.75 Å². The van der Waals surface area contributed by atoms with E-state index in [1.807, 2.05) is 4.90 Å². The van der Waals surface area contributed by atoms with Gasteiger partial charge in [0.1, 0.15) is 12.4 Å². The Hall–Kier alpha value is -2.67. The third kappa shape index (κ3) is 3.88. The van der Waals surface area contributed by atoms with Crippen LogP contribution in [0.1, 0.15) is 46.4 Å².